The van der Waals surface area contributed by atoms with Crippen molar-refractivity contribution >= 4 is 5.65 Å². The zero-order valence-corrected chi connectivity index (χ0v) is 8.14. The molecule has 0 aromatic carbocycles. The molecule has 0 bridgehead atoms. The van der Waals surface area contributed by atoms with Crippen molar-refractivity contribution in [2.24, 2.45) is 5.73 Å². The van der Waals surface area contributed by atoms with Crippen LogP contribution in [-0.2, 0) is 13.0 Å². The fraction of sp³-hybridized carbons (Fsp3) is 0.444. The van der Waals surface area contributed by atoms with Gasteiger partial charge in [0.05, 0.1) is 12.2 Å². The maximum Gasteiger partial charge on any atom is 0.177 e. The Kier molecular flexibility index (Phi) is 2.41. The van der Waals surface area contributed by atoms with Gasteiger partial charge in [-0.25, -0.2) is 0 Å². The summed E-state index contributed by atoms with van der Waals surface area (Å²) in [4.78, 5) is 0. The van der Waals surface area contributed by atoms with E-state index in [2.05, 4.69) is 22.2 Å². The number of nitrogens with two attached hydrogens (primary N) is 1. The Balaban J connectivity index is 2.50. The monoisotopic (exact) mass is 191 g/mol. The van der Waals surface area contributed by atoms with E-state index in [4.69, 9.17) is 5.73 Å². The van der Waals surface area contributed by atoms with Crippen LogP contribution in [0.25, 0.3) is 5.65 Å². The molecule has 0 atom stereocenters. The van der Waals surface area contributed by atoms with E-state index in [1.165, 1.54) is 0 Å². The molecule has 5 heteroatoms. The summed E-state index contributed by atoms with van der Waals surface area (Å²) in [6.07, 6.45) is 2.05. The van der Waals surface area contributed by atoms with Gasteiger partial charge in [-0.05, 0) is 18.6 Å². The van der Waals surface area contributed by atoms with Gasteiger partial charge in [0.1, 0.15) is 0 Å². The van der Waals surface area contributed by atoms with E-state index in [1.807, 2.05) is 12.1 Å². The summed E-state index contributed by atoms with van der Waals surface area (Å²) in [5.74, 6) is 0.706. The van der Waals surface area contributed by atoms with Crippen molar-refractivity contribution in [1.29, 1.82) is 0 Å². The van der Waals surface area contributed by atoms with Gasteiger partial charge >= 0.3 is 0 Å². The SMILES string of the molecule is CCCc1ccc2nnc(CN)n2n1. The third kappa shape index (κ3) is 1.46. The molecule has 0 aliphatic carbocycles. The first-order chi connectivity index (χ1) is 6.85. The molecule has 0 spiro atoms. The van der Waals surface area contributed by atoms with Gasteiger partial charge in [-0.1, -0.05) is 13.3 Å². The predicted octanol–water partition coefficient (Wildman–Crippen LogP) is 0.535. The van der Waals surface area contributed by atoms with E-state index >= 15 is 0 Å². The highest BCUT2D eigenvalue weighted by molar-refractivity contribution is 5.36. The summed E-state index contributed by atoms with van der Waals surface area (Å²) >= 11 is 0. The largest absolute Gasteiger partial charge is 0.324 e. The number of nitrogens with zero attached hydrogens (tertiary/aromatic N) is 4. The Morgan fingerprint density at radius 2 is 2.21 bits per heavy atom. The second-order valence-electron chi connectivity index (χ2n) is 3.17. The lowest BCUT2D eigenvalue weighted by molar-refractivity contribution is 0.761. The summed E-state index contributed by atoms with van der Waals surface area (Å²) in [6, 6.07) is 3.90. The first-order valence-corrected chi connectivity index (χ1v) is 4.75. The predicted molar refractivity (Wildman–Crippen MR) is 52.7 cm³/mol. The highest BCUT2D eigenvalue weighted by Crippen LogP contribution is 2.04. The number of aromatic nitrogens is 4. The first kappa shape index (κ1) is 9.08. The first-order valence-electron chi connectivity index (χ1n) is 4.75. The fourth-order valence-electron chi connectivity index (χ4n) is 1.39. The summed E-state index contributed by atoms with van der Waals surface area (Å²) in [5.41, 5.74) is 7.33. The van der Waals surface area contributed by atoms with Crippen molar-refractivity contribution in [3.63, 3.8) is 0 Å². The summed E-state index contributed by atoms with van der Waals surface area (Å²) in [7, 11) is 0. The molecule has 0 aliphatic rings. The maximum atomic E-state index is 5.52. The standard InChI is InChI=1S/C9H13N5/c1-2-3-7-4-5-8-11-12-9(6-10)14(8)13-7/h4-5H,2-3,6,10H2,1H3. The zero-order valence-electron chi connectivity index (χ0n) is 8.14. The van der Waals surface area contributed by atoms with E-state index in [-0.39, 0.29) is 0 Å². The lowest BCUT2D eigenvalue weighted by Gasteiger charge is -1.99. The van der Waals surface area contributed by atoms with Crippen molar-refractivity contribution in [1.82, 2.24) is 19.8 Å². The van der Waals surface area contributed by atoms with Gasteiger partial charge in [0.2, 0.25) is 0 Å². The second kappa shape index (κ2) is 3.71. The molecule has 2 rings (SSSR count). The Labute approximate surface area is 81.9 Å². The van der Waals surface area contributed by atoms with Gasteiger partial charge in [-0.3, -0.25) is 0 Å². The topological polar surface area (TPSA) is 69.1 Å². The Hall–Kier alpha value is -1.49. The Morgan fingerprint density at radius 3 is 2.93 bits per heavy atom. The minimum Gasteiger partial charge on any atom is -0.324 e. The van der Waals surface area contributed by atoms with Gasteiger partial charge in [0.15, 0.2) is 11.5 Å². The number of aryl methyl sites for hydroxylation is 1. The lowest BCUT2D eigenvalue weighted by Crippen LogP contribution is -2.06. The molecular weight excluding hydrogens is 178 g/mol. The van der Waals surface area contributed by atoms with Crippen LogP contribution in [0.4, 0.5) is 0 Å². The van der Waals surface area contributed by atoms with E-state index < -0.39 is 0 Å². The highest BCUT2D eigenvalue weighted by Gasteiger charge is 2.04. The average Bonchev–Trinajstić information content (AvgIpc) is 2.60. The molecule has 14 heavy (non-hydrogen) atoms. The van der Waals surface area contributed by atoms with Gasteiger partial charge in [-0.15, -0.1) is 10.2 Å². The van der Waals surface area contributed by atoms with Crippen LogP contribution in [0, 0.1) is 0 Å². The van der Waals surface area contributed by atoms with Crippen molar-refractivity contribution < 1.29 is 0 Å². The molecule has 0 amide bonds. The molecule has 2 aromatic heterocycles. The molecule has 5 nitrogen and oxygen atoms in total. The molecule has 0 unspecified atom stereocenters. The highest BCUT2D eigenvalue weighted by atomic mass is 15.4. The molecule has 0 fully saturated rings. The second-order valence-corrected chi connectivity index (χ2v) is 3.17. The van der Waals surface area contributed by atoms with Crippen LogP contribution in [-0.4, -0.2) is 19.8 Å². The molecule has 2 aromatic rings. The van der Waals surface area contributed by atoms with E-state index in [0.717, 1.165) is 24.2 Å². The average molecular weight is 191 g/mol. The van der Waals surface area contributed by atoms with Gasteiger partial charge in [-0.2, -0.15) is 9.61 Å². The molecule has 0 saturated heterocycles. The van der Waals surface area contributed by atoms with Crippen LogP contribution in [0.3, 0.4) is 0 Å². The summed E-state index contributed by atoms with van der Waals surface area (Å²) < 4.78 is 1.71. The minimum absolute atomic E-state index is 0.365. The van der Waals surface area contributed by atoms with E-state index in [0.29, 0.717) is 12.4 Å². The lowest BCUT2D eigenvalue weighted by atomic mass is 10.2. The minimum atomic E-state index is 0.365. The molecule has 0 aliphatic heterocycles. The Bertz CT molecular complexity index is 434. The quantitative estimate of drug-likeness (QED) is 0.768. The van der Waals surface area contributed by atoms with Gasteiger partial charge in [0, 0.05) is 0 Å². The van der Waals surface area contributed by atoms with Crippen molar-refractivity contribution in [3.05, 3.63) is 23.7 Å². The van der Waals surface area contributed by atoms with Crippen molar-refractivity contribution in [3.8, 4) is 0 Å². The van der Waals surface area contributed by atoms with E-state index in [9.17, 15) is 0 Å². The maximum absolute atomic E-state index is 5.52. The number of rotatable bonds is 3. The summed E-state index contributed by atoms with van der Waals surface area (Å²) in [5, 5.41) is 12.3. The van der Waals surface area contributed by atoms with Crippen LogP contribution in [0.2, 0.25) is 0 Å². The van der Waals surface area contributed by atoms with Crippen molar-refractivity contribution in [2.45, 2.75) is 26.3 Å². The molecule has 0 radical (unpaired) electrons. The van der Waals surface area contributed by atoms with Crippen LogP contribution in [0.1, 0.15) is 24.9 Å². The smallest absolute Gasteiger partial charge is 0.177 e. The van der Waals surface area contributed by atoms with E-state index in [1.54, 1.807) is 4.52 Å². The number of hydrogen-bond donors (Lipinski definition) is 1. The third-order valence-electron chi connectivity index (χ3n) is 2.07. The normalized spacial score (nSPS) is 11.0. The van der Waals surface area contributed by atoms with Crippen LogP contribution in [0.15, 0.2) is 12.1 Å². The van der Waals surface area contributed by atoms with Crippen LogP contribution < -0.4 is 5.73 Å². The molecule has 2 heterocycles. The van der Waals surface area contributed by atoms with Gasteiger partial charge in [0.25, 0.3) is 0 Å². The molecule has 2 N–H and O–H groups in total. The Morgan fingerprint density at radius 1 is 1.36 bits per heavy atom. The fourth-order valence-corrected chi connectivity index (χ4v) is 1.39. The van der Waals surface area contributed by atoms with Crippen LogP contribution >= 0.6 is 0 Å². The molecule has 0 saturated carbocycles. The zero-order chi connectivity index (χ0) is 9.97. The summed E-state index contributed by atoms with van der Waals surface area (Å²) in [6.45, 7) is 2.49. The number of hydrogen-bond acceptors (Lipinski definition) is 4. The van der Waals surface area contributed by atoms with Crippen molar-refractivity contribution in [2.75, 3.05) is 0 Å². The van der Waals surface area contributed by atoms with Crippen LogP contribution in [0.5, 0.6) is 0 Å². The molecular formula is C9H13N5. The number of fused-ring (bicyclic) bond motifs is 1. The molecule has 74 valence electrons. The third-order valence-corrected chi connectivity index (χ3v) is 2.07. The van der Waals surface area contributed by atoms with Gasteiger partial charge < -0.3 is 5.73 Å².